The number of carbonyl (C=O) groups excluding carboxylic acids is 2. The van der Waals surface area contributed by atoms with E-state index in [1.165, 1.54) is 0 Å². The van der Waals surface area contributed by atoms with Gasteiger partial charge in [-0.05, 0) is 33.6 Å². The van der Waals surface area contributed by atoms with E-state index in [4.69, 9.17) is 4.74 Å². The minimum Gasteiger partial charge on any atom is -0.443 e. The summed E-state index contributed by atoms with van der Waals surface area (Å²) < 4.78 is 44.2. The topological polar surface area (TPSA) is 76.7 Å². The summed E-state index contributed by atoms with van der Waals surface area (Å²) in [4.78, 5) is 22.7. The Morgan fingerprint density at radius 1 is 1.10 bits per heavy atom. The normalized spacial score (nSPS) is 22.7. The van der Waals surface area contributed by atoms with Crippen molar-refractivity contribution in [2.75, 3.05) is 0 Å². The molecular formula is C11H17F3N2O4. The SMILES string of the molecule is CC(C)(C)OC(=O)NNC(=O)[C@H]1C[C@@H](OC(F)(F)F)C1. The van der Waals surface area contributed by atoms with E-state index in [1.54, 1.807) is 20.8 Å². The Labute approximate surface area is 113 Å². The summed E-state index contributed by atoms with van der Waals surface area (Å²) in [7, 11) is 0. The van der Waals surface area contributed by atoms with Crippen LogP contribution in [0.1, 0.15) is 33.6 Å². The predicted octanol–water partition coefficient (Wildman–Crippen LogP) is 1.86. The maximum Gasteiger partial charge on any atom is 0.522 e. The van der Waals surface area contributed by atoms with Crippen molar-refractivity contribution >= 4 is 12.0 Å². The molecule has 0 unspecified atom stereocenters. The Morgan fingerprint density at radius 2 is 1.65 bits per heavy atom. The Bertz CT molecular complexity index is 373. The lowest BCUT2D eigenvalue weighted by molar-refractivity contribution is -0.353. The van der Waals surface area contributed by atoms with E-state index < -0.39 is 36.0 Å². The van der Waals surface area contributed by atoms with Crippen LogP contribution in [-0.4, -0.2) is 30.1 Å². The summed E-state index contributed by atoms with van der Waals surface area (Å²) in [6, 6.07) is 0. The van der Waals surface area contributed by atoms with Gasteiger partial charge in [0, 0.05) is 5.92 Å². The van der Waals surface area contributed by atoms with Gasteiger partial charge in [-0.2, -0.15) is 0 Å². The monoisotopic (exact) mass is 298 g/mol. The maximum absolute atomic E-state index is 11.9. The maximum atomic E-state index is 11.9. The molecule has 6 nitrogen and oxygen atoms in total. The summed E-state index contributed by atoms with van der Waals surface area (Å²) in [6.07, 6.45) is -6.62. The molecule has 0 atom stereocenters. The van der Waals surface area contributed by atoms with Crippen molar-refractivity contribution < 1.29 is 32.2 Å². The average Bonchev–Trinajstić information content (AvgIpc) is 2.15. The van der Waals surface area contributed by atoms with Gasteiger partial charge >= 0.3 is 12.5 Å². The molecule has 0 bridgehead atoms. The summed E-state index contributed by atoms with van der Waals surface area (Å²) in [5, 5.41) is 0. The Hall–Kier alpha value is -1.51. The van der Waals surface area contributed by atoms with E-state index in [0.717, 1.165) is 0 Å². The Morgan fingerprint density at radius 3 is 2.10 bits per heavy atom. The highest BCUT2D eigenvalue weighted by atomic mass is 19.4. The first-order chi connectivity index (χ1) is 8.96. The number of rotatable bonds is 2. The summed E-state index contributed by atoms with van der Waals surface area (Å²) in [6.45, 7) is 4.96. The molecule has 2 N–H and O–H groups in total. The van der Waals surface area contributed by atoms with Crippen LogP contribution >= 0.6 is 0 Å². The van der Waals surface area contributed by atoms with E-state index in [-0.39, 0.29) is 12.8 Å². The molecule has 0 saturated heterocycles. The molecule has 1 aliphatic carbocycles. The van der Waals surface area contributed by atoms with Gasteiger partial charge in [0.15, 0.2) is 0 Å². The molecule has 1 rings (SSSR count). The largest absolute Gasteiger partial charge is 0.522 e. The summed E-state index contributed by atoms with van der Waals surface area (Å²) in [5.41, 5.74) is 3.41. The number of carbonyl (C=O) groups is 2. The van der Waals surface area contributed by atoms with Crippen LogP contribution < -0.4 is 10.9 Å². The molecule has 9 heteroatoms. The molecule has 2 amide bonds. The van der Waals surface area contributed by atoms with Gasteiger partial charge in [-0.3, -0.25) is 15.0 Å². The van der Waals surface area contributed by atoms with E-state index in [9.17, 15) is 22.8 Å². The molecule has 0 heterocycles. The number of alkyl halides is 3. The van der Waals surface area contributed by atoms with Crippen molar-refractivity contribution in [2.45, 2.75) is 51.7 Å². The highest BCUT2D eigenvalue weighted by Crippen LogP contribution is 2.34. The van der Waals surface area contributed by atoms with Gasteiger partial charge in [0.05, 0.1) is 6.10 Å². The number of hydrogen-bond acceptors (Lipinski definition) is 4. The molecule has 1 aliphatic rings. The zero-order valence-electron chi connectivity index (χ0n) is 11.3. The number of amides is 2. The van der Waals surface area contributed by atoms with Crippen LogP contribution in [0.2, 0.25) is 0 Å². The fraction of sp³-hybridized carbons (Fsp3) is 0.818. The first kappa shape index (κ1) is 16.5. The molecule has 0 aromatic rings. The van der Waals surface area contributed by atoms with Crippen LogP contribution in [0.4, 0.5) is 18.0 Å². The minimum absolute atomic E-state index is 0.0403. The fourth-order valence-corrected chi connectivity index (χ4v) is 1.58. The molecule has 1 saturated carbocycles. The van der Waals surface area contributed by atoms with Gasteiger partial charge in [0.25, 0.3) is 0 Å². The Kier molecular flexibility index (Phi) is 4.85. The van der Waals surface area contributed by atoms with Crippen molar-refractivity contribution in [1.82, 2.24) is 10.9 Å². The molecule has 0 spiro atoms. The number of hydrogen-bond donors (Lipinski definition) is 2. The third-order valence-electron chi connectivity index (χ3n) is 2.45. The lowest BCUT2D eigenvalue weighted by atomic mass is 9.82. The van der Waals surface area contributed by atoms with Crippen LogP contribution in [0.3, 0.4) is 0 Å². The molecular weight excluding hydrogens is 281 g/mol. The lowest BCUT2D eigenvalue weighted by Crippen LogP contribution is -2.50. The van der Waals surface area contributed by atoms with Gasteiger partial charge in [0.1, 0.15) is 5.60 Å². The van der Waals surface area contributed by atoms with E-state index in [0.29, 0.717) is 0 Å². The minimum atomic E-state index is -4.69. The fourth-order valence-electron chi connectivity index (χ4n) is 1.58. The molecule has 0 radical (unpaired) electrons. The average molecular weight is 298 g/mol. The number of ether oxygens (including phenoxy) is 2. The number of halogens is 3. The third-order valence-corrected chi connectivity index (χ3v) is 2.45. The Balaban J connectivity index is 2.21. The van der Waals surface area contributed by atoms with Gasteiger partial charge in [-0.1, -0.05) is 0 Å². The zero-order chi connectivity index (χ0) is 15.6. The highest BCUT2D eigenvalue weighted by Gasteiger charge is 2.42. The highest BCUT2D eigenvalue weighted by molar-refractivity contribution is 5.81. The van der Waals surface area contributed by atoms with Gasteiger partial charge < -0.3 is 4.74 Å². The van der Waals surface area contributed by atoms with Crippen LogP contribution in [0.5, 0.6) is 0 Å². The number of nitrogens with one attached hydrogen (secondary N) is 2. The predicted molar refractivity (Wildman–Crippen MR) is 61.2 cm³/mol. The summed E-state index contributed by atoms with van der Waals surface area (Å²) in [5.74, 6) is -1.19. The number of hydrazine groups is 1. The van der Waals surface area contributed by atoms with Crippen LogP contribution in [-0.2, 0) is 14.3 Å². The second kappa shape index (κ2) is 5.86. The smallest absolute Gasteiger partial charge is 0.443 e. The molecule has 116 valence electrons. The molecule has 1 fully saturated rings. The molecule has 20 heavy (non-hydrogen) atoms. The first-order valence-corrected chi connectivity index (χ1v) is 5.99. The second-order valence-corrected chi connectivity index (χ2v) is 5.47. The van der Waals surface area contributed by atoms with Crippen molar-refractivity contribution in [2.24, 2.45) is 5.92 Å². The van der Waals surface area contributed by atoms with Crippen LogP contribution in [0, 0.1) is 5.92 Å². The zero-order valence-corrected chi connectivity index (χ0v) is 11.3. The quantitative estimate of drug-likeness (QED) is 0.763. The van der Waals surface area contributed by atoms with Crippen molar-refractivity contribution in [3.63, 3.8) is 0 Å². The molecule has 0 aromatic carbocycles. The van der Waals surface area contributed by atoms with Gasteiger partial charge in [-0.15, -0.1) is 13.2 Å². The van der Waals surface area contributed by atoms with E-state index in [1.807, 2.05) is 5.43 Å². The van der Waals surface area contributed by atoms with Crippen LogP contribution in [0.25, 0.3) is 0 Å². The molecule has 0 aliphatic heterocycles. The van der Waals surface area contributed by atoms with Gasteiger partial charge in [-0.25, -0.2) is 10.2 Å². The standard InChI is InChI=1S/C11H17F3N2O4/c1-10(2,3)20-9(18)16-15-8(17)6-4-7(5-6)19-11(12,13)14/h6-7H,4-5H2,1-3H3,(H,15,17)(H,16,18)/t6-,7+. The van der Waals surface area contributed by atoms with Crippen molar-refractivity contribution in [3.8, 4) is 0 Å². The second-order valence-electron chi connectivity index (χ2n) is 5.47. The third kappa shape index (κ3) is 6.09. The van der Waals surface area contributed by atoms with Gasteiger partial charge in [0.2, 0.25) is 5.91 Å². The van der Waals surface area contributed by atoms with Crippen molar-refractivity contribution in [3.05, 3.63) is 0 Å². The van der Waals surface area contributed by atoms with E-state index >= 15 is 0 Å². The van der Waals surface area contributed by atoms with Crippen LogP contribution in [0.15, 0.2) is 0 Å². The molecule has 0 aromatic heterocycles. The summed E-state index contributed by atoms with van der Waals surface area (Å²) >= 11 is 0. The van der Waals surface area contributed by atoms with E-state index in [2.05, 4.69) is 10.2 Å². The first-order valence-electron chi connectivity index (χ1n) is 5.99. The lowest BCUT2D eigenvalue weighted by Gasteiger charge is -2.34. The van der Waals surface area contributed by atoms with Crippen molar-refractivity contribution in [1.29, 1.82) is 0 Å².